The minimum Gasteiger partial charge on any atom is -0.396 e. The molecule has 0 radical (unpaired) electrons. The van der Waals surface area contributed by atoms with Crippen molar-refractivity contribution in [1.82, 2.24) is 15.0 Å². The number of carbonyl (C=O) groups is 1. The number of benzene rings is 1. The lowest BCUT2D eigenvalue weighted by atomic mass is 9.94. The molecule has 15 heteroatoms. The quantitative estimate of drug-likeness (QED) is 0.296. The minimum absolute atomic E-state index is 0.0364. The maximum absolute atomic E-state index is 13.7. The molecule has 1 atom stereocenters. The van der Waals surface area contributed by atoms with E-state index in [2.05, 4.69) is 25.6 Å². The molecule has 0 saturated heterocycles. The highest BCUT2D eigenvalue weighted by Gasteiger charge is 2.35. The van der Waals surface area contributed by atoms with E-state index < -0.39 is 39.4 Å². The largest absolute Gasteiger partial charge is 0.421 e. The summed E-state index contributed by atoms with van der Waals surface area (Å²) in [4.78, 5) is 23.7. The van der Waals surface area contributed by atoms with Crippen LogP contribution < -0.4 is 20.7 Å². The van der Waals surface area contributed by atoms with Gasteiger partial charge in [-0.1, -0.05) is 19.1 Å². The lowest BCUT2D eigenvalue weighted by Crippen LogP contribution is -2.27. The standard InChI is InChI=1S/C23H26F3N7O4S/c1-13(12-34)18-15(19(27)35)7-4-8-17(18)31-22-30-11-16(23(24,25)26)20(32-22)29-10-14-6-5-9-28-21(14)33(2)38(3,36)37/h4-9,11,13,34H,10,12H2,1-3H3,(H2,27,35)(H2,29,30,31,32)/t13-/m1/s1. The van der Waals surface area contributed by atoms with E-state index in [0.29, 0.717) is 17.3 Å². The number of rotatable bonds is 10. The van der Waals surface area contributed by atoms with E-state index in [9.17, 15) is 31.5 Å². The number of halogens is 3. The summed E-state index contributed by atoms with van der Waals surface area (Å²) in [7, 11) is -2.40. The molecule has 0 bridgehead atoms. The highest BCUT2D eigenvalue weighted by Crippen LogP contribution is 2.35. The maximum Gasteiger partial charge on any atom is 0.421 e. The number of anilines is 4. The van der Waals surface area contributed by atoms with Crippen LogP contribution in [0.25, 0.3) is 0 Å². The Bertz CT molecular complexity index is 1430. The average molecular weight is 554 g/mol. The number of pyridine rings is 1. The fourth-order valence-electron chi connectivity index (χ4n) is 3.60. The molecule has 0 aliphatic rings. The number of nitrogens with zero attached hydrogens (tertiary/aromatic N) is 4. The summed E-state index contributed by atoms with van der Waals surface area (Å²) in [6, 6.07) is 7.56. The molecular weight excluding hydrogens is 527 g/mol. The summed E-state index contributed by atoms with van der Waals surface area (Å²) in [5, 5.41) is 15.1. The normalized spacial score (nSPS) is 12.6. The van der Waals surface area contributed by atoms with Gasteiger partial charge in [0.1, 0.15) is 17.2 Å². The smallest absolute Gasteiger partial charge is 0.396 e. The maximum atomic E-state index is 13.7. The molecule has 0 fully saturated rings. The van der Waals surface area contributed by atoms with E-state index in [0.717, 1.165) is 10.6 Å². The molecule has 0 saturated carbocycles. The zero-order valence-corrected chi connectivity index (χ0v) is 21.4. The second-order valence-electron chi connectivity index (χ2n) is 8.36. The van der Waals surface area contributed by atoms with Gasteiger partial charge in [-0.15, -0.1) is 0 Å². The highest BCUT2D eigenvalue weighted by atomic mass is 32.2. The van der Waals surface area contributed by atoms with Crippen LogP contribution in [0.4, 0.5) is 36.4 Å². The van der Waals surface area contributed by atoms with Gasteiger partial charge in [0.15, 0.2) is 0 Å². The number of aromatic nitrogens is 3. The number of primary amides is 1. The average Bonchev–Trinajstić information content (AvgIpc) is 2.85. The Hall–Kier alpha value is -3.98. The fourth-order valence-corrected chi connectivity index (χ4v) is 4.08. The van der Waals surface area contributed by atoms with Gasteiger partial charge in [0.05, 0.1) is 6.26 Å². The number of nitrogens with two attached hydrogens (primary N) is 1. The van der Waals surface area contributed by atoms with Crippen LogP contribution in [0.1, 0.15) is 39.9 Å². The first-order chi connectivity index (χ1) is 17.7. The predicted molar refractivity (Wildman–Crippen MR) is 136 cm³/mol. The Balaban J connectivity index is 2.01. The number of aliphatic hydroxyl groups excluding tert-OH is 1. The molecular formula is C23H26F3N7O4S. The van der Waals surface area contributed by atoms with E-state index in [1.807, 2.05) is 0 Å². The summed E-state index contributed by atoms with van der Waals surface area (Å²) in [6.07, 6.45) is -1.87. The van der Waals surface area contributed by atoms with Crippen LogP contribution in [0.15, 0.2) is 42.7 Å². The van der Waals surface area contributed by atoms with Crippen molar-refractivity contribution in [2.75, 3.05) is 34.8 Å². The lowest BCUT2D eigenvalue weighted by molar-refractivity contribution is -0.137. The Morgan fingerprint density at radius 2 is 1.92 bits per heavy atom. The molecule has 0 aliphatic carbocycles. The summed E-state index contributed by atoms with van der Waals surface area (Å²) in [5.41, 5.74) is 5.36. The number of hydrogen-bond acceptors (Lipinski definition) is 9. The zero-order valence-electron chi connectivity index (χ0n) is 20.6. The monoisotopic (exact) mass is 553 g/mol. The van der Waals surface area contributed by atoms with Gasteiger partial charge in [-0.25, -0.2) is 18.4 Å². The van der Waals surface area contributed by atoms with Crippen LogP contribution in [0.5, 0.6) is 0 Å². The number of alkyl halides is 3. The fraction of sp³-hybridized carbons (Fsp3) is 0.304. The number of sulfonamides is 1. The first-order valence-corrected chi connectivity index (χ1v) is 12.9. The lowest BCUT2D eigenvalue weighted by Gasteiger charge is -2.20. The molecule has 204 valence electrons. The molecule has 1 amide bonds. The number of carbonyl (C=O) groups excluding carboxylic acids is 1. The van der Waals surface area contributed by atoms with E-state index in [1.165, 1.54) is 37.5 Å². The van der Waals surface area contributed by atoms with Gasteiger partial charge in [-0.05, 0) is 23.8 Å². The van der Waals surface area contributed by atoms with Crippen LogP contribution in [0.3, 0.4) is 0 Å². The van der Waals surface area contributed by atoms with E-state index in [-0.39, 0.29) is 36.2 Å². The van der Waals surface area contributed by atoms with Gasteiger partial charge in [0, 0.05) is 55.3 Å². The first kappa shape index (κ1) is 28.6. The van der Waals surface area contributed by atoms with Crippen LogP contribution in [-0.4, -0.2) is 54.3 Å². The van der Waals surface area contributed by atoms with Gasteiger partial charge < -0.3 is 21.5 Å². The van der Waals surface area contributed by atoms with E-state index in [1.54, 1.807) is 13.0 Å². The van der Waals surface area contributed by atoms with Crippen molar-refractivity contribution in [1.29, 1.82) is 0 Å². The molecule has 5 N–H and O–H groups in total. The SMILES string of the molecule is C[C@H](CO)c1c(Nc2ncc(C(F)(F)F)c(NCc3cccnc3N(C)S(C)(=O)=O)n2)cccc1C(N)=O. The Labute approximate surface area is 217 Å². The van der Waals surface area contributed by atoms with Crippen LogP contribution >= 0.6 is 0 Å². The third kappa shape index (κ3) is 6.47. The summed E-state index contributed by atoms with van der Waals surface area (Å²) >= 11 is 0. The molecule has 3 aromatic rings. The molecule has 3 rings (SSSR count). The Morgan fingerprint density at radius 3 is 2.53 bits per heavy atom. The van der Waals surface area contributed by atoms with Crippen molar-refractivity contribution in [3.8, 4) is 0 Å². The number of aliphatic hydroxyl groups is 1. The second kappa shape index (κ2) is 11.2. The van der Waals surface area contributed by atoms with E-state index >= 15 is 0 Å². The summed E-state index contributed by atoms with van der Waals surface area (Å²) < 4.78 is 66.1. The summed E-state index contributed by atoms with van der Waals surface area (Å²) in [5.74, 6) is -2.05. The number of amides is 1. The van der Waals surface area contributed by atoms with Crippen molar-refractivity contribution in [3.05, 3.63) is 65.0 Å². The Kier molecular flexibility index (Phi) is 8.41. The molecule has 1 aromatic carbocycles. The molecule has 2 aromatic heterocycles. The van der Waals surface area contributed by atoms with Gasteiger partial charge >= 0.3 is 6.18 Å². The van der Waals surface area contributed by atoms with Crippen LogP contribution in [0, 0.1) is 0 Å². The first-order valence-electron chi connectivity index (χ1n) is 11.1. The van der Waals surface area contributed by atoms with Crippen molar-refractivity contribution < 1.29 is 31.5 Å². The Morgan fingerprint density at radius 1 is 1.21 bits per heavy atom. The highest BCUT2D eigenvalue weighted by molar-refractivity contribution is 7.92. The van der Waals surface area contributed by atoms with Crippen LogP contribution in [-0.2, 0) is 22.7 Å². The number of hydrogen-bond donors (Lipinski definition) is 4. The van der Waals surface area contributed by atoms with Gasteiger partial charge in [-0.3, -0.25) is 9.10 Å². The molecule has 38 heavy (non-hydrogen) atoms. The van der Waals surface area contributed by atoms with Crippen molar-refractivity contribution in [3.63, 3.8) is 0 Å². The van der Waals surface area contributed by atoms with Crippen molar-refractivity contribution in [2.24, 2.45) is 5.73 Å². The predicted octanol–water partition coefficient (Wildman–Crippen LogP) is 2.84. The van der Waals surface area contributed by atoms with Gasteiger partial charge in [0.25, 0.3) is 0 Å². The topological polar surface area (TPSA) is 163 Å². The summed E-state index contributed by atoms with van der Waals surface area (Å²) in [6.45, 7) is 1.08. The second-order valence-corrected chi connectivity index (χ2v) is 10.4. The molecule has 11 nitrogen and oxygen atoms in total. The zero-order chi connectivity index (χ0) is 28.3. The van der Waals surface area contributed by atoms with Gasteiger partial charge in [0.2, 0.25) is 21.9 Å². The number of nitrogens with one attached hydrogen (secondary N) is 2. The van der Waals surface area contributed by atoms with Crippen molar-refractivity contribution >= 4 is 39.2 Å². The molecule has 0 spiro atoms. The molecule has 2 heterocycles. The minimum atomic E-state index is -4.80. The molecule has 0 unspecified atom stereocenters. The third-order valence-electron chi connectivity index (χ3n) is 5.59. The molecule has 0 aliphatic heterocycles. The van der Waals surface area contributed by atoms with E-state index in [4.69, 9.17) is 5.73 Å². The third-order valence-corrected chi connectivity index (χ3v) is 6.76. The van der Waals surface area contributed by atoms with Crippen LogP contribution in [0.2, 0.25) is 0 Å². The van der Waals surface area contributed by atoms with Crippen molar-refractivity contribution in [2.45, 2.75) is 25.6 Å². The van der Waals surface area contributed by atoms with Gasteiger partial charge in [-0.2, -0.15) is 18.2 Å².